The molecule has 0 bridgehead atoms. The number of carbonyl (C=O) groups excluding carboxylic acids is 1. The Morgan fingerprint density at radius 3 is 2.61 bits per heavy atom. The molecule has 2 rings (SSSR count). The third-order valence-corrected chi connectivity index (χ3v) is 4.56. The third kappa shape index (κ3) is 3.14. The first-order valence-electron chi connectivity index (χ1n) is 7.23. The van der Waals surface area contributed by atoms with Crippen LogP contribution in [0.2, 0.25) is 0 Å². The van der Waals surface area contributed by atoms with Crippen molar-refractivity contribution in [1.29, 1.82) is 0 Å². The molecular weight excluding hydrogens is 226 g/mol. The lowest BCUT2D eigenvalue weighted by molar-refractivity contribution is -0.128. The van der Waals surface area contributed by atoms with E-state index in [1.54, 1.807) is 0 Å². The fraction of sp³-hybridized carbons (Fsp3) is 0.800. The minimum absolute atomic E-state index is 0.0774. The van der Waals surface area contributed by atoms with Gasteiger partial charge in [0.05, 0.1) is 12.1 Å². The van der Waals surface area contributed by atoms with Gasteiger partial charge in [-0.2, -0.15) is 0 Å². The van der Waals surface area contributed by atoms with Gasteiger partial charge in [-0.1, -0.05) is 19.1 Å². The number of carbonyl (C=O) groups is 1. The van der Waals surface area contributed by atoms with E-state index >= 15 is 0 Å². The fourth-order valence-corrected chi connectivity index (χ4v) is 3.03. The van der Waals surface area contributed by atoms with E-state index in [9.17, 15) is 9.90 Å². The van der Waals surface area contributed by atoms with Crippen molar-refractivity contribution < 1.29 is 9.90 Å². The summed E-state index contributed by atoms with van der Waals surface area (Å²) in [7, 11) is 0. The smallest absolute Gasteiger partial charge is 0.223 e. The summed E-state index contributed by atoms with van der Waals surface area (Å²) < 4.78 is 0. The number of aliphatic hydroxyl groups excluding tert-OH is 1. The van der Waals surface area contributed by atoms with Crippen molar-refractivity contribution in [2.45, 2.75) is 57.4 Å². The van der Waals surface area contributed by atoms with Gasteiger partial charge in [0, 0.05) is 5.92 Å². The van der Waals surface area contributed by atoms with Crippen LogP contribution in [0.1, 0.15) is 51.9 Å². The highest BCUT2D eigenvalue weighted by molar-refractivity contribution is 5.79. The highest BCUT2D eigenvalue weighted by Gasteiger charge is 2.36. The topological polar surface area (TPSA) is 49.3 Å². The monoisotopic (exact) mass is 251 g/mol. The van der Waals surface area contributed by atoms with E-state index in [-0.39, 0.29) is 24.0 Å². The average molecular weight is 251 g/mol. The predicted octanol–water partition coefficient (Wildman–Crippen LogP) is 2.40. The van der Waals surface area contributed by atoms with E-state index in [0.717, 1.165) is 50.9 Å². The molecule has 1 fully saturated rings. The lowest BCUT2D eigenvalue weighted by Crippen LogP contribution is -2.54. The van der Waals surface area contributed by atoms with Crippen molar-refractivity contribution in [1.82, 2.24) is 5.32 Å². The van der Waals surface area contributed by atoms with E-state index in [1.165, 1.54) is 0 Å². The van der Waals surface area contributed by atoms with E-state index < -0.39 is 0 Å². The Labute approximate surface area is 110 Å². The van der Waals surface area contributed by atoms with Gasteiger partial charge in [-0.25, -0.2) is 0 Å². The van der Waals surface area contributed by atoms with E-state index in [0.29, 0.717) is 0 Å². The predicted molar refractivity (Wildman–Crippen MR) is 72.1 cm³/mol. The third-order valence-electron chi connectivity index (χ3n) is 4.56. The van der Waals surface area contributed by atoms with E-state index in [4.69, 9.17) is 0 Å². The first kappa shape index (κ1) is 13.6. The SMILES string of the molecule is CC1CCC(CO)(NC(=O)C2CC=CCC2)CC1. The van der Waals surface area contributed by atoms with Gasteiger partial charge >= 0.3 is 0 Å². The Morgan fingerprint density at radius 1 is 1.33 bits per heavy atom. The van der Waals surface area contributed by atoms with Crippen LogP contribution in [-0.4, -0.2) is 23.2 Å². The second-order valence-corrected chi connectivity index (χ2v) is 6.09. The lowest BCUT2D eigenvalue weighted by Gasteiger charge is -2.39. The summed E-state index contributed by atoms with van der Waals surface area (Å²) in [6.07, 6.45) is 11.1. The van der Waals surface area contributed by atoms with Crippen LogP contribution in [-0.2, 0) is 4.79 Å². The molecular formula is C15H25NO2. The second kappa shape index (κ2) is 5.87. The maximum atomic E-state index is 12.3. The summed E-state index contributed by atoms with van der Waals surface area (Å²) in [4.78, 5) is 12.3. The molecule has 3 nitrogen and oxygen atoms in total. The Bertz CT molecular complexity index is 316. The molecule has 0 spiro atoms. The van der Waals surface area contributed by atoms with Crippen molar-refractivity contribution in [2.75, 3.05) is 6.61 Å². The summed E-state index contributed by atoms with van der Waals surface area (Å²) >= 11 is 0. The van der Waals surface area contributed by atoms with Crippen LogP contribution in [0, 0.1) is 11.8 Å². The molecule has 1 atom stereocenters. The lowest BCUT2D eigenvalue weighted by atomic mass is 9.77. The maximum Gasteiger partial charge on any atom is 0.223 e. The summed E-state index contributed by atoms with van der Waals surface area (Å²) in [5, 5.41) is 12.8. The molecule has 2 N–H and O–H groups in total. The van der Waals surface area contributed by atoms with Crippen LogP contribution >= 0.6 is 0 Å². The highest BCUT2D eigenvalue weighted by Crippen LogP contribution is 2.32. The van der Waals surface area contributed by atoms with Gasteiger partial charge in [-0.05, 0) is 50.9 Å². The fourth-order valence-electron chi connectivity index (χ4n) is 3.03. The minimum Gasteiger partial charge on any atom is -0.394 e. The molecule has 102 valence electrons. The summed E-state index contributed by atoms with van der Waals surface area (Å²) in [5.74, 6) is 0.972. The van der Waals surface area contributed by atoms with Crippen molar-refractivity contribution in [2.24, 2.45) is 11.8 Å². The zero-order valence-corrected chi connectivity index (χ0v) is 11.3. The number of nitrogens with one attached hydrogen (secondary N) is 1. The first-order chi connectivity index (χ1) is 8.65. The molecule has 1 saturated carbocycles. The molecule has 1 unspecified atom stereocenters. The van der Waals surface area contributed by atoms with Crippen LogP contribution in [0.4, 0.5) is 0 Å². The average Bonchev–Trinajstić information content (AvgIpc) is 2.43. The summed E-state index contributed by atoms with van der Waals surface area (Å²) in [5.41, 5.74) is -0.343. The molecule has 2 aliphatic rings. The van der Waals surface area contributed by atoms with Gasteiger partial charge in [0.25, 0.3) is 0 Å². The van der Waals surface area contributed by atoms with Crippen molar-refractivity contribution in [3.05, 3.63) is 12.2 Å². The number of hydrogen-bond acceptors (Lipinski definition) is 2. The molecule has 0 aliphatic heterocycles. The number of rotatable bonds is 3. The van der Waals surface area contributed by atoms with Gasteiger partial charge in [0.1, 0.15) is 0 Å². The van der Waals surface area contributed by atoms with Gasteiger partial charge < -0.3 is 10.4 Å². The van der Waals surface area contributed by atoms with Crippen molar-refractivity contribution in [3.63, 3.8) is 0 Å². The van der Waals surface area contributed by atoms with Crippen LogP contribution in [0.25, 0.3) is 0 Å². The van der Waals surface area contributed by atoms with Crippen LogP contribution < -0.4 is 5.32 Å². The van der Waals surface area contributed by atoms with Crippen LogP contribution in [0.3, 0.4) is 0 Å². The Balaban J connectivity index is 1.93. The number of allylic oxidation sites excluding steroid dienone is 2. The second-order valence-electron chi connectivity index (χ2n) is 6.09. The quantitative estimate of drug-likeness (QED) is 0.757. The zero-order chi connectivity index (χ0) is 13.0. The molecule has 1 amide bonds. The Morgan fingerprint density at radius 2 is 2.06 bits per heavy atom. The summed E-state index contributed by atoms with van der Waals surface area (Å²) in [6, 6.07) is 0. The molecule has 18 heavy (non-hydrogen) atoms. The maximum absolute atomic E-state index is 12.3. The standard InChI is InChI=1S/C15H25NO2/c1-12-7-9-15(11-17,10-8-12)16-14(18)13-5-3-2-4-6-13/h2-3,12-13,17H,4-11H2,1H3,(H,16,18). The van der Waals surface area contributed by atoms with Gasteiger partial charge in [0.15, 0.2) is 0 Å². The zero-order valence-electron chi connectivity index (χ0n) is 11.3. The molecule has 3 heteroatoms. The Kier molecular flexibility index (Phi) is 4.44. The number of amides is 1. The molecule has 0 aromatic rings. The largest absolute Gasteiger partial charge is 0.394 e. The first-order valence-corrected chi connectivity index (χ1v) is 7.23. The Hall–Kier alpha value is -0.830. The molecule has 0 saturated heterocycles. The van der Waals surface area contributed by atoms with Gasteiger partial charge in [0.2, 0.25) is 5.91 Å². The van der Waals surface area contributed by atoms with Gasteiger partial charge in [-0.15, -0.1) is 0 Å². The molecule has 0 radical (unpaired) electrons. The molecule has 2 aliphatic carbocycles. The van der Waals surface area contributed by atoms with Crippen molar-refractivity contribution >= 4 is 5.91 Å². The van der Waals surface area contributed by atoms with Gasteiger partial charge in [-0.3, -0.25) is 4.79 Å². The molecule has 0 aromatic carbocycles. The van der Waals surface area contributed by atoms with Crippen LogP contribution in [0.5, 0.6) is 0 Å². The van der Waals surface area contributed by atoms with Crippen LogP contribution in [0.15, 0.2) is 12.2 Å². The molecule has 0 aromatic heterocycles. The normalized spacial score (nSPS) is 36.3. The minimum atomic E-state index is -0.343. The molecule has 0 heterocycles. The van der Waals surface area contributed by atoms with E-state index in [2.05, 4.69) is 24.4 Å². The number of aliphatic hydroxyl groups is 1. The highest BCUT2D eigenvalue weighted by atomic mass is 16.3. The van der Waals surface area contributed by atoms with Crippen molar-refractivity contribution in [3.8, 4) is 0 Å². The summed E-state index contributed by atoms with van der Waals surface area (Å²) in [6.45, 7) is 2.32. The number of hydrogen-bond donors (Lipinski definition) is 2. The van der Waals surface area contributed by atoms with E-state index in [1.807, 2.05) is 0 Å².